The van der Waals surface area contributed by atoms with Gasteiger partial charge < -0.3 is 14.8 Å². The van der Waals surface area contributed by atoms with Gasteiger partial charge in [0.25, 0.3) is 0 Å². The van der Waals surface area contributed by atoms with E-state index >= 15 is 0 Å². The summed E-state index contributed by atoms with van der Waals surface area (Å²) in [6, 6.07) is 10.3. The summed E-state index contributed by atoms with van der Waals surface area (Å²) in [6.07, 6.45) is 12.9. The van der Waals surface area contributed by atoms with Crippen LogP contribution in [-0.4, -0.2) is 31.1 Å². The summed E-state index contributed by atoms with van der Waals surface area (Å²) in [6.45, 7) is 1.93. The molecule has 5 rings (SSSR count). The predicted molar refractivity (Wildman–Crippen MR) is 113 cm³/mol. The van der Waals surface area contributed by atoms with Crippen molar-refractivity contribution in [3.8, 4) is 22.5 Å². The topological polar surface area (TPSA) is 75.6 Å². The molecular weight excluding hydrogens is 364 g/mol. The standard InChI is InChI=1S/C23H24N4O2/c1-23(28)8-2-3-18(12-23)26-19-4-5-22-25-13-21(27(22)14-19)16-6-9-24-20(11-16)17-7-10-29-15-17/h4-7,9-11,13-15,18,26,28H,2-3,8,12H2,1H3. The van der Waals surface area contributed by atoms with Crippen LogP contribution in [0.3, 0.4) is 0 Å². The van der Waals surface area contributed by atoms with E-state index in [-0.39, 0.29) is 6.04 Å². The van der Waals surface area contributed by atoms with Crippen LogP contribution in [0.4, 0.5) is 5.69 Å². The molecule has 1 fully saturated rings. The Morgan fingerprint density at radius 1 is 1.21 bits per heavy atom. The average Bonchev–Trinajstić information content (AvgIpc) is 3.37. The molecule has 1 aliphatic carbocycles. The zero-order valence-corrected chi connectivity index (χ0v) is 16.4. The molecule has 148 valence electrons. The normalized spacial score (nSPS) is 22.1. The first-order valence-corrected chi connectivity index (χ1v) is 10.0. The Labute approximate surface area is 169 Å². The lowest BCUT2D eigenvalue weighted by molar-refractivity contribution is 0.0182. The third-order valence-electron chi connectivity index (χ3n) is 5.70. The monoisotopic (exact) mass is 388 g/mol. The molecule has 0 amide bonds. The van der Waals surface area contributed by atoms with Crippen LogP contribution in [0.15, 0.2) is 65.9 Å². The van der Waals surface area contributed by atoms with Gasteiger partial charge >= 0.3 is 0 Å². The molecule has 1 aliphatic rings. The summed E-state index contributed by atoms with van der Waals surface area (Å²) in [7, 11) is 0. The molecular formula is C23H24N4O2. The molecule has 0 aliphatic heterocycles. The molecule has 4 aromatic rings. The number of nitrogens with zero attached hydrogens (tertiary/aromatic N) is 3. The van der Waals surface area contributed by atoms with Gasteiger partial charge in [-0.2, -0.15) is 0 Å². The maximum Gasteiger partial charge on any atom is 0.137 e. The molecule has 0 aromatic carbocycles. The first-order chi connectivity index (χ1) is 14.1. The Morgan fingerprint density at radius 3 is 2.97 bits per heavy atom. The molecule has 2 unspecified atom stereocenters. The summed E-state index contributed by atoms with van der Waals surface area (Å²) in [4.78, 5) is 9.01. The number of fused-ring (bicyclic) bond motifs is 1. The number of aliphatic hydroxyl groups is 1. The van der Waals surface area contributed by atoms with Crippen molar-refractivity contribution in [2.24, 2.45) is 0 Å². The van der Waals surface area contributed by atoms with Crippen LogP contribution in [0.5, 0.6) is 0 Å². The SMILES string of the molecule is CC1(O)CCCC(Nc2ccc3ncc(-c4ccnc(-c5ccoc5)c4)n3c2)C1. The van der Waals surface area contributed by atoms with Crippen LogP contribution < -0.4 is 5.32 Å². The largest absolute Gasteiger partial charge is 0.472 e. The highest BCUT2D eigenvalue weighted by Crippen LogP contribution is 2.31. The van der Waals surface area contributed by atoms with Crippen LogP contribution in [-0.2, 0) is 0 Å². The average molecular weight is 388 g/mol. The third kappa shape index (κ3) is 3.63. The summed E-state index contributed by atoms with van der Waals surface area (Å²) in [5, 5.41) is 14.0. The Morgan fingerprint density at radius 2 is 2.14 bits per heavy atom. The molecule has 0 saturated heterocycles. The zero-order valence-electron chi connectivity index (χ0n) is 16.4. The lowest BCUT2D eigenvalue weighted by Crippen LogP contribution is -2.38. The molecule has 2 N–H and O–H groups in total. The van der Waals surface area contributed by atoms with Gasteiger partial charge in [0.05, 0.1) is 41.4 Å². The number of furan rings is 1. The molecule has 2 atom stereocenters. The molecule has 0 radical (unpaired) electrons. The van der Waals surface area contributed by atoms with E-state index in [0.29, 0.717) is 0 Å². The second-order valence-corrected chi connectivity index (χ2v) is 8.17. The molecule has 6 nitrogen and oxygen atoms in total. The number of pyridine rings is 2. The van der Waals surface area contributed by atoms with Crippen LogP contribution in [0, 0.1) is 0 Å². The van der Waals surface area contributed by atoms with E-state index < -0.39 is 5.60 Å². The van der Waals surface area contributed by atoms with Crippen LogP contribution in [0.2, 0.25) is 0 Å². The first-order valence-electron chi connectivity index (χ1n) is 10.0. The first kappa shape index (κ1) is 17.9. The van der Waals surface area contributed by atoms with Crippen molar-refractivity contribution in [2.45, 2.75) is 44.2 Å². The van der Waals surface area contributed by atoms with Crippen molar-refractivity contribution in [3.05, 3.63) is 61.4 Å². The quantitative estimate of drug-likeness (QED) is 0.527. The Bertz CT molecular complexity index is 1130. The lowest BCUT2D eigenvalue weighted by Gasteiger charge is -2.34. The van der Waals surface area contributed by atoms with Crippen molar-refractivity contribution < 1.29 is 9.52 Å². The minimum absolute atomic E-state index is 0.275. The maximum atomic E-state index is 10.4. The van der Waals surface area contributed by atoms with E-state index in [4.69, 9.17) is 4.42 Å². The molecule has 1 saturated carbocycles. The molecule has 0 spiro atoms. The van der Waals surface area contributed by atoms with Crippen molar-refractivity contribution in [1.29, 1.82) is 0 Å². The van der Waals surface area contributed by atoms with Crippen molar-refractivity contribution in [2.75, 3.05) is 5.32 Å². The van der Waals surface area contributed by atoms with E-state index in [1.54, 1.807) is 12.5 Å². The number of hydrogen-bond acceptors (Lipinski definition) is 5. The minimum atomic E-state index is -0.583. The van der Waals surface area contributed by atoms with Gasteiger partial charge in [0.1, 0.15) is 5.65 Å². The van der Waals surface area contributed by atoms with Gasteiger partial charge in [-0.1, -0.05) is 0 Å². The van der Waals surface area contributed by atoms with E-state index in [1.165, 1.54) is 0 Å². The number of rotatable bonds is 4. The molecule has 0 bridgehead atoms. The smallest absolute Gasteiger partial charge is 0.137 e. The van der Waals surface area contributed by atoms with Gasteiger partial charge in [-0.05, 0) is 62.9 Å². The van der Waals surface area contributed by atoms with Crippen molar-refractivity contribution >= 4 is 11.3 Å². The fraction of sp³-hybridized carbons (Fsp3) is 0.304. The summed E-state index contributed by atoms with van der Waals surface area (Å²) >= 11 is 0. The summed E-state index contributed by atoms with van der Waals surface area (Å²) in [5.41, 5.74) is 5.21. The minimum Gasteiger partial charge on any atom is -0.472 e. The van der Waals surface area contributed by atoms with Crippen molar-refractivity contribution in [1.82, 2.24) is 14.4 Å². The number of imidazole rings is 1. The van der Waals surface area contributed by atoms with E-state index in [2.05, 4.69) is 31.9 Å². The van der Waals surface area contributed by atoms with Crippen molar-refractivity contribution in [3.63, 3.8) is 0 Å². The van der Waals surface area contributed by atoms with E-state index in [1.807, 2.05) is 43.6 Å². The maximum absolute atomic E-state index is 10.4. The highest BCUT2D eigenvalue weighted by Gasteiger charge is 2.29. The Hall–Kier alpha value is -3.12. The third-order valence-corrected chi connectivity index (χ3v) is 5.70. The fourth-order valence-electron chi connectivity index (χ4n) is 4.26. The zero-order chi connectivity index (χ0) is 19.8. The van der Waals surface area contributed by atoms with Crippen LogP contribution in [0.1, 0.15) is 32.6 Å². The number of hydrogen-bond donors (Lipinski definition) is 2. The van der Waals surface area contributed by atoms with Gasteiger partial charge in [0.15, 0.2) is 0 Å². The highest BCUT2D eigenvalue weighted by atomic mass is 16.3. The predicted octanol–water partition coefficient (Wildman–Crippen LogP) is 4.76. The molecule has 6 heteroatoms. The molecule has 4 heterocycles. The number of nitrogens with one attached hydrogen (secondary N) is 1. The van der Waals surface area contributed by atoms with E-state index in [0.717, 1.165) is 59.5 Å². The Kier molecular flexibility index (Phi) is 4.36. The van der Waals surface area contributed by atoms with Gasteiger partial charge in [-0.25, -0.2) is 4.98 Å². The number of aromatic nitrogens is 3. The van der Waals surface area contributed by atoms with E-state index in [9.17, 15) is 5.11 Å². The lowest BCUT2D eigenvalue weighted by atomic mass is 9.83. The second kappa shape index (κ2) is 7.04. The van der Waals surface area contributed by atoms with Crippen LogP contribution >= 0.6 is 0 Å². The number of anilines is 1. The highest BCUT2D eigenvalue weighted by molar-refractivity contribution is 5.70. The summed E-state index contributed by atoms with van der Waals surface area (Å²) in [5.74, 6) is 0. The van der Waals surface area contributed by atoms with Gasteiger partial charge in [0, 0.05) is 29.6 Å². The molecule has 4 aromatic heterocycles. The van der Waals surface area contributed by atoms with Gasteiger partial charge in [-0.15, -0.1) is 0 Å². The van der Waals surface area contributed by atoms with Crippen LogP contribution in [0.25, 0.3) is 28.2 Å². The fourth-order valence-corrected chi connectivity index (χ4v) is 4.26. The van der Waals surface area contributed by atoms with Gasteiger partial charge in [-0.3, -0.25) is 9.38 Å². The summed E-state index contributed by atoms with van der Waals surface area (Å²) < 4.78 is 7.28. The molecule has 29 heavy (non-hydrogen) atoms. The second-order valence-electron chi connectivity index (χ2n) is 8.17. The Balaban J connectivity index is 1.47. The van der Waals surface area contributed by atoms with Gasteiger partial charge in [0.2, 0.25) is 0 Å².